The summed E-state index contributed by atoms with van der Waals surface area (Å²) in [7, 11) is 0. The molecule has 0 aliphatic carbocycles. The highest BCUT2D eigenvalue weighted by molar-refractivity contribution is 7.15. The van der Waals surface area contributed by atoms with Crippen LogP contribution in [0.1, 0.15) is 34.3 Å². The fourth-order valence-corrected chi connectivity index (χ4v) is 3.22. The zero-order valence-corrected chi connectivity index (χ0v) is 14.2. The van der Waals surface area contributed by atoms with Crippen molar-refractivity contribution in [2.24, 2.45) is 5.73 Å². The Morgan fingerprint density at radius 1 is 1.17 bits per heavy atom. The number of carboxylic acid groups (broad SMARTS) is 1. The summed E-state index contributed by atoms with van der Waals surface area (Å²) in [6.45, 7) is 3.97. The summed E-state index contributed by atoms with van der Waals surface area (Å²) >= 11 is 1.19. The number of thiophene rings is 1. The van der Waals surface area contributed by atoms with Gasteiger partial charge in [0.1, 0.15) is 5.00 Å². The van der Waals surface area contributed by atoms with Gasteiger partial charge in [0.25, 0.3) is 5.91 Å². The van der Waals surface area contributed by atoms with E-state index in [1.54, 1.807) is 5.38 Å². The molecule has 0 saturated heterocycles. The minimum absolute atomic E-state index is 0.162. The van der Waals surface area contributed by atoms with Crippen LogP contribution in [0.25, 0.3) is 11.1 Å². The van der Waals surface area contributed by atoms with E-state index in [0.29, 0.717) is 10.6 Å². The minimum atomic E-state index is -1.05. The molecule has 0 unspecified atom stereocenters. The molecular formula is C17H18N2O4S. The second kappa shape index (κ2) is 7.27. The molecule has 0 fully saturated rings. The molecule has 1 aromatic carbocycles. The van der Waals surface area contributed by atoms with Crippen LogP contribution in [-0.4, -0.2) is 22.9 Å². The van der Waals surface area contributed by atoms with Crippen LogP contribution < -0.4 is 11.1 Å². The molecule has 0 bridgehead atoms. The Kier molecular flexibility index (Phi) is 5.35. The number of amides is 2. The standard InChI is InChI=1S/C17H18N2O4S/c1-9-3-4-11(7-10(9)2)12-8-24-17(15(12)16(18)23)19-13(20)5-6-14(21)22/h3-4,7-8H,5-6H2,1-2H3,(H2,18,23)(H,19,20)(H,21,22). The number of rotatable bonds is 6. The molecule has 0 saturated carbocycles. The predicted octanol–water partition coefficient (Wildman–Crippen LogP) is 2.93. The molecule has 1 heterocycles. The van der Waals surface area contributed by atoms with Crippen molar-refractivity contribution >= 4 is 34.1 Å². The Morgan fingerprint density at radius 3 is 2.46 bits per heavy atom. The van der Waals surface area contributed by atoms with E-state index in [4.69, 9.17) is 10.8 Å². The third-order valence-corrected chi connectivity index (χ3v) is 4.57. The van der Waals surface area contributed by atoms with Crippen LogP contribution >= 0.6 is 11.3 Å². The van der Waals surface area contributed by atoms with Gasteiger partial charge in [-0.3, -0.25) is 14.4 Å². The molecule has 6 nitrogen and oxygen atoms in total. The Bertz CT molecular complexity index is 811. The van der Waals surface area contributed by atoms with Crippen molar-refractivity contribution in [2.45, 2.75) is 26.7 Å². The van der Waals surface area contributed by atoms with Crippen LogP contribution in [0.15, 0.2) is 23.6 Å². The Morgan fingerprint density at radius 2 is 1.88 bits per heavy atom. The van der Waals surface area contributed by atoms with Crippen LogP contribution in [0, 0.1) is 13.8 Å². The van der Waals surface area contributed by atoms with E-state index >= 15 is 0 Å². The van der Waals surface area contributed by atoms with Crippen molar-refractivity contribution in [1.29, 1.82) is 0 Å². The van der Waals surface area contributed by atoms with Crippen LogP contribution in [0.3, 0.4) is 0 Å². The molecule has 0 atom stereocenters. The third kappa shape index (κ3) is 3.99. The van der Waals surface area contributed by atoms with Gasteiger partial charge in [-0.2, -0.15) is 0 Å². The Hall–Kier alpha value is -2.67. The van der Waals surface area contributed by atoms with E-state index in [1.807, 2.05) is 32.0 Å². The van der Waals surface area contributed by atoms with Gasteiger partial charge in [0.05, 0.1) is 12.0 Å². The summed E-state index contributed by atoms with van der Waals surface area (Å²) in [4.78, 5) is 34.2. The van der Waals surface area contributed by atoms with Crippen molar-refractivity contribution in [3.8, 4) is 11.1 Å². The third-order valence-electron chi connectivity index (χ3n) is 3.67. The molecule has 0 aliphatic rings. The molecule has 126 valence electrons. The zero-order valence-electron chi connectivity index (χ0n) is 13.4. The highest BCUT2D eigenvalue weighted by Crippen LogP contribution is 2.36. The molecule has 0 radical (unpaired) electrons. The zero-order chi connectivity index (χ0) is 17.9. The molecular weight excluding hydrogens is 328 g/mol. The first-order valence-corrected chi connectivity index (χ1v) is 8.18. The number of hydrogen-bond acceptors (Lipinski definition) is 4. The fraction of sp³-hybridized carbons (Fsp3) is 0.235. The molecule has 0 spiro atoms. The first-order chi connectivity index (χ1) is 11.3. The normalized spacial score (nSPS) is 10.4. The van der Waals surface area contributed by atoms with Gasteiger partial charge in [0, 0.05) is 17.4 Å². The molecule has 2 amide bonds. The topological polar surface area (TPSA) is 109 Å². The second-order valence-electron chi connectivity index (χ2n) is 5.46. The molecule has 4 N–H and O–H groups in total. The van der Waals surface area contributed by atoms with E-state index in [2.05, 4.69) is 5.32 Å². The van der Waals surface area contributed by atoms with Gasteiger partial charge in [-0.25, -0.2) is 0 Å². The molecule has 2 rings (SSSR count). The van der Waals surface area contributed by atoms with E-state index in [1.165, 1.54) is 11.3 Å². The average Bonchev–Trinajstić information content (AvgIpc) is 2.91. The summed E-state index contributed by atoms with van der Waals surface area (Å²) in [6, 6.07) is 5.81. The molecule has 7 heteroatoms. The minimum Gasteiger partial charge on any atom is -0.481 e. The van der Waals surface area contributed by atoms with E-state index < -0.39 is 17.8 Å². The summed E-state index contributed by atoms with van der Waals surface area (Å²) in [6.07, 6.45) is -0.433. The first-order valence-electron chi connectivity index (χ1n) is 7.30. The molecule has 1 aromatic heterocycles. The number of carbonyl (C=O) groups excluding carboxylic acids is 2. The highest BCUT2D eigenvalue weighted by Gasteiger charge is 2.20. The van der Waals surface area contributed by atoms with Crippen molar-refractivity contribution in [2.75, 3.05) is 5.32 Å². The smallest absolute Gasteiger partial charge is 0.303 e. The van der Waals surface area contributed by atoms with Crippen LogP contribution in [0.2, 0.25) is 0 Å². The van der Waals surface area contributed by atoms with Gasteiger partial charge in [-0.05, 0) is 30.5 Å². The summed E-state index contributed by atoms with van der Waals surface area (Å²) < 4.78 is 0. The number of primary amides is 1. The van der Waals surface area contributed by atoms with Crippen molar-refractivity contribution in [3.05, 3.63) is 40.3 Å². The maximum absolute atomic E-state index is 11.9. The SMILES string of the molecule is Cc1ccc(-c2csc(NC(=O)CCC(=O)O)c2C(N)=O)cc1C. The number of aryl methyl sites for hydroxylation is 2. The van der Waals surface area contributed by atoms with Crippen molar-refractivity contribution in [1.82, 2.24) is 0 Å². The molecule has 24 heavy (non-hydrogen) atoms. The maximum Gasteiger partial charge on any atom is 0.303 e. The van der Waals surface area contributed by atoms with Crippen molar-refractivity contribution in [3.63, 3.8) is 0 Å². The molecule has 2 aromatic rings. The fourth-order valence-electron chi connectivity index (χ4n) is 2.23. The number of anilines is 1. The average molecular weight is 346 g/mol. The summed E-state index contributed by atoms with van der Waals surface area (Å²) in [5.41, 5.74) is 9.45. The van der Waals surface area contributed by atoms with E-state index in [-0.39, 0.29) is 18.4 Å². The van der Waals surface area contributed by atoms with Crippen LogP contribution in [-0.2, 0) is 9.59 Å². The van der Waals surface area contributed by atoms with Crippen LogP contribution in [0.5, 0.6) is 0 Å². The van der Waals surface area contributed by atoms with Crippen LogP contribution in [0.4, 0.5) is 5.00 Å². The number of carboxylic acids is 1. The quantitative estimate of drug-likeness (QED) is 0.747. The maximum atomic E-state index is 11.9. The lowest BCUT2D eigenvalue weighted by atomic mass is 9.99. The van der Waals surface area contributed by atoms with E-state index in [0.717, 1.165) is 16.7 Å². The lowest BCUT2D eigenvalue weighted by Gasteiger charge is -2.08. The van der Waals surface area contributed by atoms with Gasteiger partial charge < -0.3 is 16.2 Å². The van der Waals surface area contributed by atoms with Crippen molar-refractivity contribution < 1.29 is 19.5 Å². The van der Waals surface area contributed by atoms with Gasteiger partial charge in [0.15, 0.2) is 0 Å². The van der Waals surface area contributed by atoms with Gasteiger partial charge >= 0.3 is 5.97 Å². The van der Waals surface area contributed by atoms with Gasteiger partial charge in [0.2, 0.25) is 5.91 Å². The largest absolute Gasteiger partial charge is 0.481 e. The number of carbonyl (C=O) groups is 3. The van der Waals surface area contributed by atoms with E-state index in [9.17, 15) is 14.4 Å². The lowest BCUT2D eigenvalue weighted by molar-refractivity contribution is -0.138. The number of nitrogens with one attached hydrogen (secondary N) is 1. The number of nitrogens with two attached hydrogens (primary N) is 1. The summed E-state index contributed by atoms with van der Waals surface area (Å²) in [5.74, 6) is -2.16. The lowest BCUT2D eigenvalue weighted by Crippen LogP contribution is -2.17. The predicted molar refractivity (Wildman–Crippen MR) is 93.2 cm³/mol. The Balaban J connectivity index is 2.33. The highest BCUT2D eigenvalue weighted by atomic mass is 32.1. The molecule has 0 aliphatic heterocycles. The second-order valence-corrected chi connectivity index (χ2v) is 6.34. The van der Waals surface area contributed by atoms with Gasteiger partial charge in [-0.15, -0.1) is 11.3 Å². The number of hydrogen-bond donors (Lipinski definition) is 3. The number of aliphatic carboxylic acids is 1. The monoisotopic (exact) mass is 346 g/mol. The summed E-state index contributed by atoms with van der Waals surface area (Å²) in [5, 5.41) is 13.3. The first kappa shape index (κ1) is 17.7. The Labute approximate surface area is 143 Å². The van der Waals surface area contributed by atoms with Gasteiger partial charge in [-0.1, -0.05) is 18.2 Å². The number of benzene rings is 1.